The summed E-state index contributed by atoms with van der Waals surface area (Å²) in [5.41, 5.74) is 3.63. The Hall–Kier alpha value is -2.86. The number of halogens is 2. The number of alkyl halides is 2. The minimum Gasteiger partial charge on any atom is -0.416 e. The molecule has 3 aromatic rings. The minimum atomic E-state index is -2.94. The molecule has 1 N–H and O–H groups in total. The molecule has 0 saturated heterocycles. The molecule has 0 atom stereocenters. The Kier molecular flexibility index (Phi) is 5.70. The summed E-state index contributed by atoms with van der Waals surface area (Å²) in [7, 11) is 0. The molecule has 146 valence electrons. The Morgan fingerprint density at radius 3 is 2.39 bits per heavy atom. The Morgan fingerprint density at radius 2 is 1.79 bits per heavy atom. The maximum absolute atomic E-state index is 12.8. The SMILES string of the molecule is Cc1cccc(-c2cc(Cc3ccc(C(C)(C)O)nc3)cnc2OC(F)F)c1. The number of aryl methyl sites for hydroxylation is 1. The second kappa shape index (κ2) is 8.02. The van der Waals surface area contributed by atoms with Crippen molar-refractivity contribution in [3.63, 3.8) is 0 Å². The van der Waals surface area contributed by atoms with Gasteiger partial charge in [0.15, 0.2) is 0 Å². The first-order valence-electron chi connectivity index (χ1n) is 8.91. The van der Waals surface area contributed by atoms with Gasteiger partial charge < -0.3 is 9.84 Å². The Morgan fingerprint density at radius 1 is 1.04 bits per heavy atom. The maximum Gasteiger partial charge on any atom is 0.388 e. The van der Waals surface area contributed by atoms with Crippen molar-refractivity contribution in [3.8, 4) is 17.0 Å². The minimum absolute atomic E-state index is 0.0974. The van der Waals surface area contributed by atoms with Gasteiger partial charge in [0.2, 0.25) is 5.88 Å². The first-order valence-corrected chi connectivity index (χ1v) is 8.91. The molecule has 4 nitrogen and oxygen atoms in total. The number of rotatable bonds is 6. The number of hydrogen-bond acceptors (Lipinski definition) is 4. The van der Waals surface area contributed by atoms with E-state index in [2.05, 4.69) is 14.7 Å². The molecule has 1 aromatic carbocycles. The zero-order chi connectivity index (χ0) is 20.3. The van der Waals surface area contributed by atoms with Crippen molar-refractivity contribution in [2.75, 3.05) is 0 Å². The summed E-state index contributed by atoms with van der Waals surface area (Å²) in [4.78, 5) is 8.42. The molecule has 0 radical (unpaired) electrons. The quantitative estimate of drug-likeness (QED) is 0.659. The van der Waals surface area contributed by atoms with Gasteiger partial charge in [-0.1, -0.05) is 35.9 Å². The standard InChI is InChI=1S/C22H22F2N2O2/c1-14-5-4-6-17(9-14)18-11-16(13-26-20(18)28-21(23)24)10-15-7-8-19(25-12-15)22(2,3)27/h4-9,11-13,21,27H,10H2,1-3H3. The zero-order valence-corrected chi connectivity index (χ0v) is 16.0. The van der Waals surface area contributed by atoms with Crippen molar-refractivity contribution in [1.82, 2.24) is 9.97 Å². The van der Waals surface area contributed by atoms with Crippen molar-refractivity contribution in [3.05, 3.63) is 77.2 Å². The molecule has 0 amide bonds. The van der Waals surface area contributed by atoms with Gasteiger partial charge in [-0.15, -0.1) is 0 Å². The van der Waals surface area contributed by atoms with Gasteiger partial charge in [-0.3, -0.25) is 4.98 Å². The first kappa shape index (κ1) is 19.9. The Balaban J connectivity index is 1.93. The van der Waals surface area contributed by atoms with Gasteiger partial charge in [0, 0.05) is 24.4 Å². The third-order valence-electron chi connectivity index (χ3n) is 4.30. The van der Waals surface area contributed by atoms with Crippen molar-refractivity contribution < 1.29 is 18.6 Å². The number of pyridine rings is 2. The highest BCUT2D eigenvalue weighted by Crippen LogP contribution is 2.31. The normalized spacial score (nSPS) is 11.7. The highest BCUT2D eigenvalue weighted by Gasteiger charge is 2.18. The number of nitrogens with zero attached hydrogens (tertiary/aromatic N) is 2. The summed E-state index contributed by atoms with van der Waals surface area (Å²) in [6.45, 7) is 2.34. The zero-order valence-electron chi connectivity index (χ0n) is 16.0. The van der Waals surface area contributed by atoms with Crippen LogP contribution in [0, 0.1) is 6.92 Å². The third kappa shape index (κ3) is 4.89. The predicted molar refractivity (Wildman–Crippen MR) is 103 cm³/mol. The molecular formula is C22H22F2N2O2. The molecule has 0 fully saturated rings. The topological polar surface area (TPSA) is 55.2 Å². The molecule has 28 heavy (non-hydrogen) atoms. The number of hydrogen-bond donors (Lipinski definition) is 1. The average molecular weight is 384 g/mol. The van der Waals surface area contributed by atoms with E-state index in [0.717, 1.165) is 22.3 Å². The van der Waals surface area contributed by atoms with Gasteiger partial charge >= 0.3 is 6.61 Å². The monoisotopic (exact) mass is 384 g/mol. The lowest BCUT2D eigenvalue weighted by Crippen LogP contribution is -2.17. The van der Waals surface area contributed by atoms with Crippen LogP contribution in [-0.4, -0.2) is 21.7 Å². The summed E-state index contributed by atoms with van der Waals surface area (Å²) in [5, 5.41) is 10.0. The molecule has 3 rings (SSSR count). The summed E-state index contributed by atoms with van der Waals surface area (Å²) in [6.07, 6.45) is 3.75. The molecular weight excluding hydrogens is 362 g/mol. The lowest BCUT2D eigenvalue weighted by molar-refractivity contribution is -0.0524. The molecule has 0 saturated carbocycles. The third-order valence-corrected chi connectivity index (χ3v) is 4.30. The smallest absolute Gasteiger partial charge is 0.388 e. The van der Waals surface area contributed by atoms with Gasteiger partial charge in [-0.2, -0.15) is 8.78 Å². The fourth-order valence-corrected chi connectivity index (χ4v) is 2.92. The van der Waals surface area contributed by atoms with Crippen LogP contribution in [0.1, 0.15) is 36.2 Å². The highest BCUT2D eigenvalue weighted by molar-refractivity contribution is 5.70. The van der Waals surface area contributed by atoms with Gasteiger partial charge in [-0.05, 0) is 49.6 Å². The van der Waals surface area contributed by atoms with Crippen LogP contribution in [0.15, 0.2) is 54.9 Å². The van der Waals surface area contributed by atoms with Crippen LogP contribution in [0.4, 0.5) is 8.78 Å². The Labute approximate surface area is 162 Å². The van der Waals surface area contributed by atoms with Crippen LogP contribution in [0.2, 0.25) is 0 Å². The van der Waals surface area contributed by atoms with E-state index in [-0.39, 0.29) is 5.88 Å². The van der Waals surface area contributed by atoms with Crippen LogP contribution in [0.5, 0.6) is 5.88 Å². The summed E-state index contributed by atoms with van der Waals surface area (Å²) < 4.78 is 30.2. The van der Waals surface area contributed by atoms with Crippen molar-refractivity contribution >= 4 is 0 Å². The Bertz CT molecular complexity index is 951. The van der Waals surface area contributed by atoms with E-state index in [9.17, 15) is 13.9 Å². The van der Waals surface area contributed by atoms with Crippen molar-refractivity contribution in [1.29, 1.82) is 0 Å². The predicted octanol–water partition coefficient (Wildman–Crippen LogP) is 4.87. The van der Waals surface area contributed by atoms with Crippen LogP contribution >= 0.6 is 0 Å². The van der Waals surface area contributed by atoms with E-state index < -0.39 is 12.2 Å². The number of ether oxygens (including phenoxy) is 1. The molecule has 0 bridgehead atoms. The molecule has 6 heteroatoms. The highest BCUT2D eigenvalue weighted by atomic mass is 19.3. The summed E-state index contributed by atoms with van der Waals surface area (Å²) in [5.74, 6) is -0.0974. The summed E-state index contributed by atoms with van der Waals surface area (Å²) in [6, 6.07) is 13.0. The lowest BCUT2D eigenvalue weighted by Gasteiger charge is -2.16. The van der Waals surface area contributed by atoms with Crippen LogP contribution in [0.3, 0.4) is 0 Å². The molecule has 2 aromatic heterocycles. The van der Waals surface area contributed by atoms with E-state index in [0.29, 0.717) is 17.7 Å². The van der Waals surface area contributed by atoms with Crippen LogP contribution < -0.4 is 4.74 Å². The number of aliphatic hydroxyl groups is 1. The molecule has 0 unspecified atom stereocenters. The fraction of sp³-hybridized carbons (Fsp3) is 0.273. The second-order valence-corrected chi connectivity index (χ2v) is 7.23. The maximum atomic E-state index is 12.8. The van der Waals surface area contributed by atoms with E-state index in [1.54, 1.807) is 26.1 Å². The number of aromatic nitrogens is 2. The number of benzene rings is 1. The van der Waals surface area contributed by atoms with Gasteiger partial charge in [0.1, 0.15) is 5.60 Å². The van der Waals surface area contributed by atoms with E-state index >= 15 is 0 Å². The van der Waals surface area contributed by atoms with Crippen molar-refractivity contribution in [2.24, 2.45) is 0 Å². The van der Waals surface area contributed by atoms with Gasteiger partial charge in [-0.25, -0.2) is 4.98 Å². The molecule has 2 heterocycles. The fourth-order valence-electron chi connectivity index (χ4n) is 2.92. The largest absolute Gasteiger partial charge is 0.416 e. The molecule has 0 aliphatic rings. The second-order valence-electron chi connectivity index (χ2n) is 7.23. The summed E-state index contributed by atoms with van der Waals surface area (Å²) >= 11 is 0. The van der Waals surface area contributed by atoms with Crippen LogP contribution in [0.25, 0.3) is 11.1 Å². The van der Waals surface area contributed by atoms with E-state index in [4.69, 9.17) is 0 Å². The lowest BCUT2D eigenvalue weighted by atomic mass is 10.00. The molecule has 0 spiro atoms. The average Bonchev–Trinajstić information content (AvgIpc) is 2.62. The molecule has 0 aliphatic heterocycles. The van der Waals surface area contributed by atoms with Gasteiger partial charge in [0.25, 0.3) is 0 Å². The van der Waals surface area contributed by atoms with E-state index in [1.165, 1.54) is 6.20 Å². The molecule has 0 aliphatic carbocycles. The van der Waals surface area contributed by atoms with Gasteiger partial charge in [0.05, 0.1) is 5.69 Å². The van der Waals surface area contributed by atoms with Crippen molar-refractivity contribution in [2.45, 2.75) is 39.4 Å². The first-order chi connectivity index (χ1) is 13.2. The van der Waals surface area contributed by atoms with Crippen LogP contribution in [-0.2, 0) is 12.0 Å². The van der Waals surface area contributed by atoms with E-state index in [1.807, 2.05) is 43.3 Å².